The predicted molar refractivity (Wildman–Crippen MR) is 106 cm³/mol. The molecule has 0 radical (unpaired) electrons. The maximum atomic E-state index is 12.2. The van der Waals surface area contributed by atoms with Gasteiger partial charge in [-0.3, -0.25) is 4.57 Å². The van der Waals surface area contributed by atoms with E-state index in [9.17, 15) is 9.90 Å². The summed E-state index contributed by atoms with van der Waals surface area (Å²) >= 11 is 5.86. The molecule has 1 aromatic carbocycles. The first-order valence-corrected chi connectivity index (χ1v) is 9.10. The average molecular weight is 399 g/mol. The van der Waals surface area contributed by atoms with E-state index >= 15 is 0 Å². The first-order chi connectivity index (χ1) is 13.2. The second kappa shape index (κ2) is 6.57. The Balaban J connectivity index is 1.65. The number of imidazole rings is 1. The van der Waals surface area contributed by atoms with Crippen LogP contribution in [-0.4, -0.2) is 34.4 Å². The van der Waals surface area contributed by atoms with E-state index in [4.69, 9.17) is 11.6 Å². The Hall–Kier alpha value is -2.97. The summed E-state index contributed by atoms with van der Waals surface area (Å²) in [5, 5.41) is 14.7. The van der Waals surface area contributed by atoms with Crippen LogP contribution in [0, 0.1) is 6.92 Å². The molecule has 3 heterocycles. The highest BCUT2D eigenvalue weighted by atomic mass is 35.5. The van der Waals surface area contributed by atoms with E-state index < -0.39 is 5.60 Å². The fourth-order valence-electron chi connectivity index (χ4n) is 3.03. The van der Waals surface area contributed by atoms with Crippen LogP contribution in [0.1, 0.15) is 30.8 Å². The van der Waals surface area contributed by atoms with Crippen molar-refractivity contribution in [1.82, 2.24) is 29.3 Å². The summed E-state index contributed by atoms with van der Waals surface area (Å²) in [5.41, 5.74) is 3.05. The third-order valence-electron chi connectivity index (χ3n) is 4.52. The normalized spacial score (nSPS) is 12.0. The number of nitrogens with zero attached hydrogens (tertiary/aromatic N) is 5. The summed E-state index contributed by atoms with van der Waals surface area (Å²) in [4.78, 5) is 23.0. The molecule has 8 nitrogen and oxygen atoms in total. The lowest BCUT2D eigenvalue weighted by Gasteiger charge is -2.13. The smallest absolute Gasteiger partial charge is 0.328 e. The molecule has 4 aromatic rings. The Kier molecular flexibility index (Phi) is 4.32. The van der Waals surface area contributed by atoms with Gasteiger partial charge in [-0.2, -0.15) is 10.1 Å². The van der Waals surface area contributed by atoms with Crippen LogP contribution in [0.5, 0.6) is 0 Å². The van der Waals surface area contributed by atoms with E-state index in [0.29, 0.717) is 23.4 Å². The molecule has 0 unspecified atom stereocenters. The number of aromatic nitrogens is 6. The molecule has 9 heteroatoms. The third-order valence-corrected chi connectivity index (χ3v) is 4.70. The van der Waals surface area contributed by atoms with Crippen molar-refractivity contribution in [3.8, 4) is 5.69 Å². The molecular weight excluding hydrogens is 380 g/mol. The zero-order valence-corrected chi connectivity index (χ0v) is 16.4. The number of fused-ring (bicyclic) bond motifs is 1. The van der Waals surface area contributed by atoms with E-state index in [1.54, 1.807) is 18.5 Å². The van der Waals surface area contributed by atoms with Gasteiger partial charge in [0.25, 0.3) is 0 Å². The first-order valence-electron chi connectivity index (χ1n) is 8.72. The topological polar surface area (TPSA) is 102 Å². The molecule has 0 saturated heterocycles. The Morgan fingerprint density at radius 2 is 1.96 bits per heavy atom. The summed E-state index contributed by atoms with van der Waals surface area (Å²) in [5.74, 6) is 0. The maximum Gasteiger partial charge on any atom is 0.328 e. The van der Waals surface area contributed by atoms with Gasteiger partial charge >= 0.3 is 5.69 Å². The summed E-state index contributed by atoms with van der Waals surface area (Å²) in [7, 11) is 0. The minimum absolute atomic E-state index is 0.0902. The molecule has 0 fully saturated rings. The fourth-order valence-corrected chi connectivity index (χ4v) is 3.16. The molecule has 0 atom stereocenters. The molecule has 28 heavy (non-hydrogen) atoms. The number of rotatable bonds is 4. The Bertz CT molecular complexity index is 1210. The van der Waals surface area contributed by atoms with Gasteiger partial charge in [-0.05, 0) is 56.1 Å². The van der Waals surface area contributed by atoms with Crippen molar-refractivity contribution in [2.75, 3.05) is 0 Å². The molecule has 0 bridgehead atoms. The van der Waals surface area contributed by atoms with E-state index in [2.05, 4.69) is 20.1 Å². The van der Waals surface area contributed by atoms with Crippen molar-refractivity contribution < 1.29 is 5.11 Å². The highest BCUT2D eigenvalue weighted by Crippen LogP contribution is 2.21. The Morgan fingerprint density at radius 1 is 1.25 bits per heavy atom. The van der Waals surface area contributed by atoms with Gasteiger partial charge < -0.3 is 10.1 Å². The van der Waals surface area contributed by atoms with Crippen molar-refractivity contribution in [2.24, 2.45) is 0 Å². The number of aromatic amines is 1. The molecule has 3 aromatic heterocycles. The SMILES string of the molecule is Cc1cc(C(C)(C)O)nn1-c1ccc(Cn2c(=O)[nH]c3cnc(Cl)nc32)cc1. The molecule has 4 rings (SSSR count). The predicted octanol–water partition coefficient (Wildman–Crippen LogP) is 2.54. The zero-order valence-electron chi connectivity index (χ0n) is 15.6. The maximum absolute atomic E-state index is 12.2. The first kappa shape index (κ1) is 18.4. The summed E-state index contributed by atoms with van der Waals surface area (Å²) in [6.07, 6.45) is 1.49. The highest BCUT2D eigenvalue weighted by Gasteiger charge is 2.21. The van der Waals surface area contributed by atoms with Crippen LogP contribution in [0.25, 0.3) is 16.9 Å². The van der Waals surface area contributed by atoms with E-state index in [1.165, 1.54) is 10.8 Å². The fraction of sp³-hybridized carbons (Fsp3) is 0.263. The van der Waals surface area contributed by atoms with Gasteiger partial charge in [-0.15, -0.1) is 0 Å². The summed E-state index contributed by atoms with van der Waals surface area (Å²) in [6.45, 7) is 5.69. The lowest BCUT2D eigenvalue weighted by atomic mass is 10.1. The minimum Gasteiger partial charge on any atom is -0.384 e. The zero-order chi connectivity index (χ0) is 20.1. The van der Waals surface area contributed by atoms with Crippen LogP contribution in [0.2, 0.25) is 5.28 Å². The molecule has 0 spiro atoms. The monoisotopic (exact) mass is 398 g/mol. The van der Waals surface area contributed by atoms with Gasteiger partial charge in [0, 0.05) is 5.69 Å². The third kappa shape index (κ3) is 3.32. The number of aryl methyl sites for hydroxylation is 1. The van der Waals surface area contributed by atoms with Gasteiger partial charge in [0.2, 0.25) is 5.28 Å². The molecule has 0 aliphatic rings. The number of hydrogen-bond acceptors (Lipinski definition) is 5. The average Bonchev–Trinajstić information content (AvgIpc) is 3.16. The van der Waals surface area contributed by atoms with Crippen LogP contribution in [-0.2, 0) is 12.1 Å². The van der Waals surface area contributed by atoms with E-state index in [0.717, 1.165) is 16.9 Å². The van der Waals surface area contributed by atoms with Gasteiger partial charge in [0.1, 0.15) is 11.1 Å². The van der Waals surface area contributed by atoms with Gasteiger partial charge in [0.05, 0.1) is 24.1 Å². The van der Waals surface area contributed by atoms with E-state index in [1.807, 2.05) is 37.3 Å². The summed E-state index contributed by atoms with van der Waals surface area (Å²) < 4.78 is 3.30. The van der Waals surface area contributed by atoms with Crippen molar-refractivity contribution >= 4 is 22.8 Å². The largest absolute Gasteiger partial charge is 0.384 e. The van der Waals surface area contributed by atoms with Crippen LogP contribution in [0.15, 0.2) is 41.3 Å². The second-order valence-corrected chi connectivity index (χ2v) is 7.54. The molecule has 0 amide bonds. The standard InChI is InChI=1S/C19H19ClN6O2/c1-11-8-15(19(2,3)28)24-26(11)13-6-4-12(5-7-13)10-25-16-14(22-18(25)27)9-21-17(20)23-16/h4-9,28H,10H2,1-3H3,(H,22,27). The Labute approximate surface area is 165 Å². The van der Waals surface area contributed by atoms with E-state index in [-0.39, 0.29) is 11.0 Å². The van der Waals surface area contributed by atoms with Gasteiger partial charge in [0.15, 0.2) is 5.65 Å². The quantitative estimate of drug-likeness (QED) is 0.514. The second-order valence-electron chi connectivity index (χ2n) is 7.20. The molecule has 0 aliphatic heterocycles. The molecule has 0 aliphatic carbocycles. The molecule has 2 N–H and O–H groups in total. The summed E-state index contributed by atoms with van der Waals surface area (Å²) in [6, 6.07) is 9.56. The van der Waals surface area contributed by atoms with Crippen molar-refractivity contribution in [1.29, 1.82) is 0 Å². The number of aliphatic hydroxyl groups is 1. The van der Waals surface area contributed by atoms with Gasteiger partial charge in [-0.1, -0.05) is 12.1 Å². The minimum atomic E-state index is -1.00. The number of hydrogen-bond donors (Lipinski definition) is 2. The van der Waals surface area contributed by atoms with Crippen LogP contribution < -0.4 is 5.69 Å². The molecule has 0 saturated carbocycles. The van der Waals surface area contributed by atoms with Crippen LogP contribution in [0.3, 0.4) is 0 Å². The number of benzene rings is 1. The Morgan fingerprint density at radius 3 is 2.61 bits per heavy atom. The van der Waals surface area contributed by atoms with Crippen molar-refractivity contribution in [3.05, 3.63) is 69.2 Å². The number of nitrogens with one attached hydrogen (secondary N) is 1. The van der Waals surface area contributed by atoms with Gasteiger partial charge in [-0.25, -0.2) is 14.5 Å². The van der Waals surface area contributed by atoms with Crippen LogP contribution >= 0.6 is 11.6 Å². The number of halogens is 1. The lowest BCUT2D eigenvalue weighted by molar-refractivity contribution is 0.0734. The number of H-pyrrole nitrogens is 1. The van der Waals surface area contributed by atoms with Crippen molar-refractivity contribution in [2.45, 2.75) is 32.9 Å². The van der Waals surface area contributed by atoms with Crippen molar-refractivity contribution in [3.63, 3.8) is 0 Å². The van der Waals surface area contributed by atoms with Crippen LogP contribution in [0.4, 0.5) is 0 Å². The lowest BCUT2D eigenvalue weighted by Crippen LogP contribution is -2.18. The highest BCUT2D eigenvalue weighted by molar-refractivity contribution is 6.28. The molecule has 144 valence electrons. The molecular formula is C19H19ClN6O2.